The Balaban J connectivity index is 1.75. The Morgan fingerprint density at radius 3 is 2.33 bits per heavy atom. The maximum atomic E-state index is 12.6. The standard InChI is InChI=1S/C23H26ClN3O3/c1-26(16-6-18-30-21-11-9-19(24)10-12-21)22(28)13-14-23(29)27(17-5-15-25)20-7-3-2-4-8-20/h2-4,7-12H,5-6,13-14,16-18H2,1H3. The molecule has 0 aliphatic carbocycles. The third-order valence-electron chi connectivity index (χ3n) is 4.51. The van der Waals surface area contributed by atoms with Crippen LogP contribution in [-0.2, 0) is 9.59 Å². The molecule has 158 valence electrons. The Hall–Kier alpha value is -3.04. The van der Waals surface area contributed by atoms with E-state index in [2.05, 4.69) is 6.07 Å². The summed E-state index contributed by atoms with van der Waals surface area (Å²) in [5, 5.41) is 9.51. The Kier molecular flexibility index (Phi) is 9.69. The second kappa shape index (κ2) is 12.5. The summed E-state index contributed by atoms with van der Waals surface area (Å²) in [6.07, 6.45) is 1.15. The van der Waals surface area contributed by atoms with Gasteiger partial charge in [0.25, 0.3) is 0 Å². The van der Waals surface area contributed by atoms with Crippen molar-refractivity contribution in [2.45, 2.75) is 25.7 Å². The molecule has 0 saturated heterocycles. The summed E-state index contributed by atoms with van der Waals surface area (Å²) in [7, 11) is 1.72. The maximum absolute atomic E-state index is 12.6. The lowest BCUT2D eigenvalue weighted by molar-refractivity contribution is -0.132. The number of hydrogen-bond donors (Lipinski definition) is 0. The average Bonchev–Trinajstić information content (AvgIpc) is 2.77. The van der Waals surface area contributed by atoms with E-state index in [0.29, 0.717) is 31.1 Å². The first-order chi connectivity index (χ1) is 14.5. The van der Waals surface area contributed by atoms with Crippen LogP contribution in [0.15, 0.2) is 54.6 Å². The number of rotatable bonds is 11. The molecule has 0 aliphatic rings. The van der Waals surface area contributed by atoms with Crippen LogP contribution in [0.4, 0.5) is 5.69 Å². The van der Waals surface area contributed by atoms with Gasteiger partial charge in [0.1, 0.15) is 5.75 Å². The Bertz CT molecular complexity index is 850. The molecule has 6 nitrogen and oxygen atoms in total. The normalized spacial score (nSPS) is 10.2. The van der Waals surface area contributed by atoms with Gasteiger partial charge in [-0.2, -0.15) is 5.26 Å². The van der Waals surface area contributed by atoms with Crippen LogP contribution in [0.1, 0.15) is 25.7 Å². The predicted molar refractivity (Wildman–Crippen MR) is 117 cm³/mol. The van der Waals surface area contributed by atoms with Gasteiger partial charge in [-0.25, -0.2) is 0 Å². The van der Waals surface area contributed by atoms with Crippen LogP contribution >= 0.6 is 11.6 Å². The highest BCUT2D eigenvalue weighted by molar-refractivity contribution is 6.30. The minimum Gasteiger partial charge on any atom is -0.494 e. The molecule has 0 heterocycles. The number of carbonyl (C=O) groups excluding carboxylic acids is 2. The van der Waals surface area contributed by atoms with Gasteiger partial charge in [0.05, 0.1) is 19.1 Å². The van der Waals surface area contributed by atoms with Crippen molar-refractivity contribution in [1.82, 2.24) is 4.90 Å². The summed E-state index contributed by atoms with van der Waals surface area (Å²) in [5.74, 6) is 0.477. The lowest BCUT2D eigenvalue weighted by Crippen LogP contribution is -2.34. The van der Waals surface area contributed by atoms with Crippen molar-refractivity contribution in [3.8, 4) is 11.8 Å². The number of nitrogens with zero attached hydrogens (tertiary/aromatic N) is 3. The van der Waals surface area contributed by atoms with E-state index in [1.165, 1.54) is 0 Å². The monoisotopic (exact) mass is 427 g/mol. The van der Waals surface area contributed by atoms with Gasteiger partial charge in [-0.15, -0.1) is 0 Å². The summed E-state index contributed by atoms with van der Waals surface area (Å²) in [6.45, 7) is 1.33. The molecule has 0 atom stereocenters. The van der Waals surface area contributed by atoms with E-state index in [0.717, 1.165) is 11.4 Å². The number of para-hydroxylation sites is 1. The van der Waals surface area contributed by atoms with Gasteiger partial charge >= 0.3 is 0 Å². The second-order valence-corrected chi connectivity index (χ2v) is 7.20. The van der Waals surface area contributed by atoms with E-state index in [-0.39, 0.29) is 31.1 Å². The third kappa shape index (κ3) is 7.76. The maximum Gasteiger partial charge on any atom is 0.227 e. The number of halogens is 1. The fraction of sp³-hybridized carbons (Fsp3) is 0.348. The van der Waals surface area contributed by atoms with E-state index in [9.17, 15) is 9.59 Å². The minimum atomic E-state index is -0.163. The van der Waals surface area contributed by atoms with Crippen molar-refractivity contribution >= 4 is 29.1 Å². The fourth-order valence-corrected chi connectivity index (χ4v) is 2.98. The molecule has 2 aromatic carbocycles. The van der Waals surface area contributed by atoms with Crippen LogP contribution in [0.2, 0.25) is 5.02 Å². The number of anilines is 1. The molecule has 0 N–H and O–H groups in total. The van der Waals surface area contributed by atoms with Gasteiger partial charge in [0.15, 0.2) is 0 Å². The first-order valence-electron chi connectivity index (χ1n) is 9.86. The van der Waals surface area contributed by atoms with Crippen molar-refractivity contribution in [2.75, 3.05) is 31.6 Å². The zero-order valence-corrected chi connectivity index (χ0v) is 17.8. The number of hydrogen-bond acceptors (Lipinski definition) is 4. The molecule has 2 rings (SSSR count). The van der Waals surface area contributed by atoms with Crippen molar-refractivity contribution in [3.05, 3.63) is 59.6 Å². The van der Waals surface area contributed by atoms with Crippen LogP contribution in [-0.4, -0.2) is 43.5 Å². The van der Waals surface area contributed by atoms with Crippen LogP contribution in [0.5, 0.6) is 5.75 Å². The Labute approximate surface area is 182 Å². The molecule has 0 aromatic heterocycles. The summed E-state index contributed by atoms with van der Waals surface area (Å²) in [5.41, 5.74) is 0.734. The summed E-state index contributed by atoms with van der Waals surface area (Å²) in [4.78, 5) is 28.2. The zero-order chi connectivity index (χ0) is 21.8. The van der Waals surface area contributed by atoms with E-state index >= 15 is 0 Å². The quantitative estimate of drug-likeness (QED) is 0.501. The highest BCUT2D eigenvalue weighted by Gasteiger charge is 2.18. The first kappa shape index (κ1) is 23.2. The lowest BCUT2D eigenvalue weighted by Gasteiger charge is -2.22. The highest BCUT2D eigenvalue weighted by atomic mass is 35.5. The molecule has 0 fully saturated rings. The van der Waals surface area contributed by atoms with Crippen molar-refractivity contribution in [3.63, 3.8) is 0 Å². The zero-order valence-electron chi connectivity index (χ0n) is 17.1. The Morgan fingerprint density at radius 2 is 1.67 bits per heavy atom. The van der Waals surface area contributed by atoms with Crippen LogP contribution in [0, 0.1) is 11.3 Å². The van der Waals surface area contributed by atoms with Gasteiger partial charge < -0.3 is 14.5 Å². The number of carbonyl (C=O) groups is 2. The van der Waals surface area contributed by atoms with Crippen molar-refractivity contribution in [2.24, 2.45) is 0 Å². The molecule has 0 saturated carbocycles. The van der Waals surface area contributed by atoms with Crippen molar-refractivity contribution < 1.29 is 14.3 Å². The SMILES string of the molecule is CN(CCCOc1ccc(Cl)cc1)C(=O)CCC(=O)N(CCC#N)c1ccccc1. The molecule has 0 unspecified atom stereocenters. The molecule has 0 aliphatic heterocycles. The van der Waals surface area contributed by atoms with Crippen LogP contribution in [0.25, 0.3) is 0 Å². The fourth-order valence-electron chi connectivity index (χ4n) is 2.85. The Morgan fingerprint density at radius 1 is 1.00 bits per heavy atom. The summed E-state index contributed by atoms with van der Waals surface area (Å²) in [6, 6.07) is 18.4. The first-order valence-corrected chi connectivity index (χ1v) is 10.2. The van der Waals surface area contributed by atoms with Gasteiger partial charge in [-0.05, 0) is 42.8 Å². The molecule has 30 heavy (non-hydrogen) atoms. The smallest absolute Gasteiger partial charge is 0.227 e. The molecule has 2 aromatic rings. The minimum absolute atomic E-state index is 0.0943. The molecular weight excluding hydrogens is 402 g/mol. The lowest BCUT2D eigenvalue weighted by atomic mass is 10.2. The summed E-state index contributed by atoms with van der Waals surface area (Å²) >= 11 is 5.84. The topological polar surface area (TPSA) is 73.6 Å². The molecule has 7 heteroatoms. The molecule has 0 bridgehead atoms. The van der Waals surface area contributed by atoms with Crippen LogP contribution in [0.3, 0.4) is 0 Å². The second-order valence-electron chi connectivity index (χ2n) is 6.76. The molecule has 2 amide bonds. The largest absolute Gasteiger partial charge is 0.494 e. The molecule has 0 radical (unpaired) electrons. The van der Waals surface area contributed by atoms with E-state index < -0.39 is 0 Å². The van der Waals surface area contributed by atoms with Crippen molar-refractivity contribution in [1.29, 1.82) is 5.26 Å². The molecular formula is C23H26ClN3O3. The van der Waals surface area contributed by atoms with E-state index in [4.69, 9.17) is 21.6 Å². The van der Waals surface area contributed by atoms with Crippen LogP contribution < -0.4 is 9.64 Å². The molecule has 0 spiro atoms. The number of benzene rings is 2. The summed E-state index contributed by atoms with van der Waals surface area (Å²) < 4.78 is 5.62. The third-order valence-corrected chi connectivity index (χ3v) is 4.77. The number of amides is 2. The highest BCUT2D eigenvalue weighted by Crippen LogP contribution is 2.17. The van der Waals surface area contributed by atoms with Gasteiger partial charge in [0.2, 0.25) is 11.8 Å². The predicted octanol–water partition coefficient (Wildman–Crippen LogP) is 4.29. The number of ether oxygens (including phenoxy) is 1. The van der Waals surface area contributed by atoms with Gasteiger partial charge in [-0.1, -0.05) is 29.8 Å². The van der Waals surface area contributed by atoms with Gasteiger partial charge in [-0.3, -0.25) is 9.59 Å². The van der Waals surface area contributed by atoms with E-state index in [1.54, 1.807) is 41.1 Å². The number of nitriles is 1. The van der Waals surface area contributed by atoms with Gasteiger partial charge in [0, 0.05) is 43.7 Å². The average molecular weight is 428 g/mol. The van der Waals surface area contributed by atoms with E-state index in [1.807, 2.05) is 30.3 Å².